The van der Waals surface area contributed by atoms with Gasteiger partial charge in [-0.05, 0) is 61.4 Å². The predicted molar refractivity (Wildman–Crippen MR) is 71.9 cm³/mol. The number of benzene rings is 2. The number of amides is 1. The van der Waals surface area contributed by atoms with Crippen LogP contribution in [0.5, 0.6) is 5.75 Å². The molecule has 2 aromatic rings. The molecule has 4 heteroatoms. The van der Waals surface area contributed by atoms with Gasteiger partial charge in [0.1, 0.15) is 11.6 Å². The summed E-state index contributed by atoms with van der Waals surface area (Å²) in [6.45, 7) is 3.77. The smallest absolute Gasteiger partial charge is 0.255 e. The number of phenols is 1. The van der Waals surface area contributed by atoms with Gasteiger partial charge in [-0.1, -0.05) is 0 Å². The highest BCUT2D eigenvalue weighted by Crippen LogP contribution is 2.27. The highest BCUT2D eigenvalue weighted by molar-refractivity contribution is 6.05. The summed E-state index contributed by atoms with van der Waals surface area (Å²) in [4.78, 5) is 11.9. The quantitative estimate of drug-likeness (QED) is 0.812. The van der Waals surface area contributed by atoms with E-state index in [4.69, 9.17) is 0 Å². The van der Waals surface area contributed by atoms with E-state index in [2.05, 4.69) is 5.32 Å². The van der Waals surface area contributed by atoms with Gasteiger partial charge in [0.2, 0.25) is 0 Å². The number of aromatic hydroxyl groups is 1. The number of hydrogen-bond donors (Lipinski definition) is 2. The first-order valence-corrected chi connectivity index (χ1v) is 5.84. The standard InChI is InChI=1S/C15H14FNO2/c1-9-7-13(14(18)8-10(9)2)17-15(19)11-3-5-12(16)6-4-11/h3-8,18H,1-2H3,(H,17,19). The topological polar surface area (TPSA) is 49.3 Å². The van der Waals surface area contributed by atoms with E-state index in [1.807, 2.05) is 13.8 Å². The fourth-order valence-corrected chi connectivity index (χ4v) is 1.70. The van der Waals surface area contributed by atoms with Gasteiger partial charge in [-0.2, -0.15) is 0 Å². The van der Waals surface area contributed by atoms with Gasteiger partial charge in [-0.25, -0.2) is 4.39 Å². The van der Waals surface area contributed by atoms with E-state index in [0.29, 0.717) is 11.3 Å². The van der Waals surface area contributed by atoms with Crippen LogP contribution < -0.4 is 5.32 Å². The van der Waals surface area contributed by atoms with Crippen molar-refractivity contribution in [3.8, 4) is 5.75 Å². The first-order valence-electron chi connectivity index (χ1n) is 5.84. The molecule has 0 radical (unpaired) electrons. The zero-order chi connectivity index (χ0) is 14.0. The third-order valence-corrected chi connectivity index (χ3v) is 2.97. The van der Waals surface area contributed by atoms with E-state index >= 15 is 0 Å². The molecule has 0 bridgehead atoms. The minimum absolute atomic E-state index is 0.0126. The molecule has 0 aromatic heterocycles. The molecule has 0 aliphatic heterocycles. The first kappa shape index (κ1) is 13.1. The van der Waals surface area contributed by atoms with Crippen LogP contribution in [0.1, 0.15) is 21.5 Å². The Bertz CT molecular complexity index is 621. The average Bonchev–Trinajstić information content (AvgIpc) is 2.36. The van der Waals surface area contributed by atoms with Crippen molar-refractivity contribution in [2.24, 2.45) is 0 Å². The minimum atomic E-state index is -0.398. The van der Waals surface area contributed by atoms with Crippen LogP contribution in [0.3, 0.4) is 0 Å². The van der Waals surface area contributed by atoms with Crippen LogP contribution in [-0.2, 0) is 0 Å². The fraction of sp³-hybridized carbons (Fsp3) is 0.133. The Balaban J connectivity index is 2.24. The van der Waals surface area contributed by atoms with Crippen LogP contribution >= 0.6 is 0 Å². The summed E-state index contributed by atoms with van der Waals surface area (Å²) < 4.78 is 12.8. The van der Waals surface area contributed by atoms with Gasteiger partial charge in [0, 0.05) is 5.56 Å². The maximum Gasteiger partial charge on any atom is 0.255 e. The number of hydrogen-bond acceptors (Lipinski definition) is 2. The molecule has 3 nitrogen and oxygen atoms in total. The summed E-state index contributed by atoms with van der Waals surface area (Å²) in [5.74, 6) is -0.775. The van der Waals surface area contributed by atoms with Crippen LogP contribution in [0.25, 0.3) is 0 Å². The average molecular weight is 259 g/mol. The lowest BCUT2D eigenvalue weighted by atomic mass is 10.1. The maximum absolute atomic E-state index is 12.8. The number of anilines is 1. The summed E-state index contributed by atoms with van der Waals surface area (Å²) in [5, 5.41) is 12.4. The van der Waals surface area contributed by atoms with Gasteiger partial charge in [0.15, 0.2) is 0 Å². The van der Waals surface area contributed by atoms with E-state index in [9.17, 15) is 14.3 Å². The first-order chi connectivity index (χ1) is 8.97. The molecule has 0 heterocycles. The lowest BCUT2D eigenvalue weighted by Crippen LogP contribution is -2.12. The normalized spacial score (nSPS) is 10.3. The van der Waals surface area contributed by atoms with Crippen LogP contribution in [0.2, 0.25) is 0 Å². The summed E-state index contributed by atoms with van der Waals surface area (Å²) in [6, 6.07) is 8.51. The van der Waals surface area contributed by atoms with E-state index in [1.165, 1.54) is 24.3 Å². The maximum atomic E-state index is 12.8. The molecular formula is C15H14FNO2. The van der Waals surface area contributed by atoms with Crippen LogP contribution in [0.4, 0.5) is 10.1 Å². The number of phenolic OH excluding ortho intramolecular Hbond substituents is 1. The molecule has 2 rings (SSSR count). The number of carbonyl (C=O) groups is 1. The van der Waals surface area contributed by atoms with Gasteiger partial charge in [-0.15, -0.1) is 0 Å². The Labute approximate surface area is 110 Å². The van der Waals surface area contributed by atoms with E-state index < -0.39 is 11.7 Å². The molecule has 1 amide bonds. The third-order valence-electron chi connectivity index (χ3n) is 2.97. The zero-order valence-electron chi connectivity index (χ0n) is 10.7. The van der Waals surface area contributed by atoms with Crippen LogP contribution in [0, 0.1) is 19.7 Å². The van der Waals surface area contributed by atoms with Crippen molar-refractivity contribution in [3.63, 3.8) is 0 Å². The van der Waals surface area contributed by atoms with Crippen molar-refractivity contribution < 1.29 is 14.3 Å². The number of carbonyl (C=O) groups excluding carboxylic acids is 1. The molecule has 0 unspecified atom stereocenters. The highest BCUT2D eigenvalue weighted by Gasteiger charge is 2.10. The SMILES string of the molecule is Cc1cc(O)c(NC(=O)c2ccc(F)cc2)cc1C. The molecule has 0 aliphatic carbocycles. The molecule has 0 saturated heterocycles. The number of halogens is 1. The van der Waals surface area contributed by atoms with Crippen molar-refractivity contribution in [2.75, 3.05) is 5.32 Å². The second-order valence-electron chi connectivity index (χ2n) is 4.41. The number of nitrogens with one attached hydrogen (secondary N) is 1. The van der Waals surface area contributed by atoms with Crippen molar-refractivity contribution in [1.29, 1.82) is 0 Å². The van der Waals surface area contributed by atoms with Gasteiger partial charge < -0.3 is 10.4 Å². The molecule has 0 saturated carbocycles. The van der Waals surface area contributed by atoms with E-state index in [0.717, 1.165) is 11.1 Å². The Hall–Kier alpha value is -2.36. The zero-order valence-corrected chi connectivity index (χ0v) is 10.7. The molecule has 2 N–H and O–H groups in total. The monoisotopic (exact) mass is 259 g/mol. The Morgan fingerprint density at radius 3 is 2.32 bits per heavy atom. The molecule has 0 fully saturated rings. The van der Waals surface area contributed by atoms with Gasteiger partial charge in [-0.3, -0.25) is 4.79 Å². The molecule has 2 aromatic carbocycles. The molecule has 0 atom stereocenters. The van der Waals surface area contributed by atoms with Crippen molar-refractivity contribution in [3.05, 3.63) is 58.9 Å². The largest absolute Gasteiger partial charge is 0.506 e. The second kappa shape index (κ2) is 5.10. The van der Waals surface area contributed by atoms with E-state index in [1.54, 1.807) is 12.1 Å². The Morgan fingerprint density at radius 2 is 1.68 bits per heavy atom. The number of aryl methyl sites for hydroxylation is 2. The third kappa shape index (κ3) is 2.91. The van der Waals surface area contributed by atoms with Crippen molar-refractivity contribution in [2.45, 2.75) is 13.8 Å². The van der Waals surface area contributed by atoms with E-state index in [-0.39, 0.29) is 5.75 Å². The van der Waals surface area contributed by atoms with Crippen LogP contribution in [-0.4, -0.2) is 11.0 Å². The molecular weight excluding hydrogens is 245 g/mol. The minimum Gasteiger partial charge on any atom is -0.506 e. The summed E-state index contributed by atoms with van der Waals surface area (Å²) >= 11 is 0. The van der Waals surface area contributed by atoms with Crippen LogP contribution in [0.15, 0.2) is 36.4 Å². The molecule has 0 spiro atoms. The van der Waals surface area contributed by atoms with Crippen molar-refractivity contribution in [1.82, 2.24) is 0 Å². The summed E-state index contributed by atoms with van der Waals surface area (Å²) in [7, 11) is 0. The molecule has 19 heavy (non-hydrogen) atoms. The summed E-state index contributed by atoms with van der Waals surface area (Å²) in [6.07, 6.45) is 0. The van der Waals surface area contributed by atoms with Gasteiger partial charge >= 0.3 is 0 Å². The number of rotatable bonds is 2. The lowest BCUT2D eigenvalue weighted by Gasteiger charge is -2.10. The predicted octanol–water partition coefficient (Wildman–Crippen LogP) is 3.40. The Morgan fingerprint density at radius 1 is 1.11 bits per heavy atom. The van der Waals surface area contributed by atoms with Gasteiger partial charge in [0.05, 0.1) is 5.69 Å². The Kier molecular flexibility index (Phi) is 3.51. The van der Waals surface area contributed by atoms with Gasteiger partial charge in [0.25, 0.3) is 5.91 Å². The summed E-state index contributed by atoms with van der Waals surface area (Å²) in [5.41, 5.74) is 2.58. The molecule has 0 aliphatic rings. The second-order valence-corrected chi connectivity index (χ2v) is 4.41. The molecule has 98 valence electrons. The highest BCUT2D eigenvalue weighted by atomic mass is 19.1. The van der Waals surface area contributed by atoms with Crippen molar-refractivity contribution >= 4 is 11.6 Å². The lowest BCUT2D eigenvalue weighted by molar-refractivity contribution is 0.102. The fourth-order valence-electron chi connectivity index (χ4n) is 1.70.